The van der Waals surface area contributed by atoms with Gasteiger partial charge in [0.05, 0.1) is 6.54 Å². The predicted octanol–water partition coefficient (Wildman–Crippen LogP) is -0.306. The number of aliphatic carboxylic acids is 1. The minimum absolute atomic E-state index is 0.00838. The van der Waals surface area contributed by atoms with E-state index in [2.05, 4.69) is 10.3 Å². The van der Waals surface area contributed by atoms with Crippen LogP contribution in [0.25, 0.3) is 0 Å². The lowest BCUT2D eigenvalue weighted by Crippen LogP contribution is -2.50. The smallest absolute Gasteiger partial charge is 0.328 e. The molecule has 1 heterocycles. The van der Waals surface area contributed by atoms with Gasteiger partial charge in [-0.25, -0.2) is 4.79 Å². The number of aromatic amines is 1. The summed E-state index contributed by atoms with van der Waals surface area (Å²) in [7, 11) is 0. The molecular weight excluding hydrogens is 262 g/mol. The summed E-state index contributed by atoms with van der Waals surface area (Å²) in [6.07, 6.45) is 4.96. The van der Waals surface area contributed by atoms with Crippen LogP contribution in [0.2, 0.25) is 0 Å². The highest BCUT2D eigenvalue weighted by Gasteiger charge is 2.26. The molecule has 1 aromatic rings. The molecule has 7 nitrogen and oxygen atoms in total. The molecule has 0 aliphatic heterocycles. The molecule has 0 aromatic carbocycles. The number of carboxylic acid groups (broad SMARTS) is 1. The van der Waals surface area contributed by atoms with Crippen molar-refractivity contribution in [2.24, 2.45) is 0 Å². The number of hydrogen-bond donors (Lipinski definition) is 3. The van der Waals surface area contributed by atoms with E-state index in [1.165, 1.54) is 10.8 Å². The Balaban J connectivity index is 2.19. The zero-order valence-electron chi connectivity index (χ0n) is 11.4. The Labute approximate surface area is 115 Å². The molecule has 110 valence electrons. The second kappa shape index (κ2) is 6.04. The predicted molar refractivity (Wildman–Crippen MR) is 72.9 cm³/mol. The van der Waals surface area contributed by atoms with Gasteiger partial charge in [-0.3, -0.25) is 19.1 Å². The third kappa shape index (κ3) is 3.16. The van der Waals surface area contributed by atoms with Crippen molar-refractivity contribution in [1.29, 1.82) is 0 Å². The van der Waals surface area contributed by atoms with Gasteiger partial charge in [0.25, 0.3) is 5.56 Å². The first-order valence-corrected chi connectivity index (χ1v) is 6.82. The lowest BCUT2D eigenvalue weighted by molar-refractivity contribution is -0.140. The van der Waals surface area contributed by atoms with Gasteiger partial charge in [0.2, 0.25) is 0 Å². The fourth-order valence-corrected chi connectivity index (χ4v) is 2.20. The van der Waals surface area contributed by atoms with Gasteiger partial charge in [-0.05, 0) is 19.3 Å². The Kier molecular flexibility index (Phi) is 4.39. The largest absolute Gasteiger partial charge is 0.480 e. The van der Waals surface area contributed by atoms with E-state index in [-0.39, 0.29) is 12.6 Å². The second-order valence-corrected chi connectivity index (χ2v) is 5.10. The fraction of sp³-hybridized carbons (Fsp3) is 0.615. The second-order valence-electron chi connectivity index (χ2n) is 5.10. The van der Waals surface area contributed by atoms with Gasteiger partial charge in [0, 0.05) is 17.8 Å². The molecule has 0 radical (unpaired) electrons. The first kappa shape index (κ1) is 14.5. The van der Waals surface area contributed by atoms with Crippen molar-refractivity contribution in [1.82, 2.24) is 14.9 Å². The molecule has 2 rings (SSSR count). The SMILES string of the molecule is CCc1cn(C[C@H](NC2CCC2)C(=O)O)c(=O)[nH]c1=O. The van der Waals surface area contributed by atoms with Crippen LogP contribution >= 0.6 is 0 Å². The van der Waals surface area contributed by atoms with Crippen LogP contribution in [0, 0.1) is 0 Å². The highest BCUT2D eigenvalue weighted by molar-refractivity contribution is 5.73. The van der Waals surface area contributed by atoms with E-state index < -0.39 is 23.3 Å². The average Bonchev–Trinajstić information content (AvgIpc) is 2.34. The first-order valence-electron chi connectivity index (χ1n) is 6.82. The van der Waals surface area contributed by atoms with E-state index in [9.17, 15) is 19.5 Å². The van der Waals surface area contributed by atoms with Gasteiger partial charge in [-0.15, -0.1) is 0 Å². The number of carboxylic acids is 1. The van der Waals surface area contributed by atoms with Crippen molar-refractivity contribution in [3.8, 4) is 0 Å². The summed E-state index contributed by atoms with van der Waals surface area (Å²) < 4.78 is 1.25. The number of nitrogens with one attached hydrogen (secondary N) is 2. The Morgan fingerprint density at radius 1 is 1.55 bits per heavy atom. The highest BCUT2D eigenvalue weighted by Crippen LogP contribution is 2.18. The van der Waals surface area contributed by atoms with Crippen molar-refractivity contribution in [3.05, 3.63) is 32.6 Å². The molecule has 0 saturated heterocycles. The zero-order valence-corrected chi connectivity index (χ0v) is 11.4. The molecule has 0 unspecified atom stereocenters. The molecule has 1 atom stereocenters. The van der Waals surface area contributed by atoms with E-state index in [0.29, 0.717) is 12.0 Å². The first-order chi connectivity index (χ1) is 9.51. The summed E-state index contributed by atoms with van der Waals surface area (Å²) in [6, 6.07) is -0.617. The van der Waals surface area contributed by atoms with Gasteiger partial charge < -0.3 is 10.4 Å². The van der Waals surface area contributed by atoms with Crippen LogP contribution in [0.1, 0.15) is 31.7 Å². The molecule has 0 bridgehead atoms. The third-order valence-corrected chi connectivity index (χ3v) is 3.68. The van der Waals surface area contributed by atoms with Crippen molar-refractivity contribution in [2.45, 2.75) is 51.2 Å². The molecular formula is C13H19N3O4. The monoisotopic (exact) mass is 281 g/mol. The Hall–Kier alpha value is -1.89. The minimum Gasteiger partial charge on any atom is -0.480 e. The lowest BCUT2D eigenvalue weighted by atomic mass is 9.92. The maximum Gasteiger partial charge on any atom is 0.328 e. The van der Waals surface area contributed by atoms with E-state index in [1.807, 2.05) is 0 Å². The van der Waals surface area contributed by atoms with Crippen molar-refractivity contribution >= 4 is 5.97 Å². The van der Waals surface area contributed by atoms with Crippen LogP contribution in [-0.4, -0.2) is 32.7 Å². The van der Waals surface area contributed by atoms with Crippen LogP contribution in [-0.2, 0) is 17.8 Å². The summed E-state index contributed by atoms with van der Waals surface area (Å²) in [5.74, 6) is -0.993. The number of H-pyrrole nitrogens is 1. The summed E-state index contributed by atoms with van der Waals surface area (Å²) in [5.41, 5.74) is -0.515. The minimum atomic E-state index is -0.993. The Morgan fingerprint density at radius 2 is 2.25 bits per heavy atom. The van der Waals surface area contributed by atoms with E-state index >= 15 is 0 Å². The van der Waals surface area contributed by atoms with Gasteiger partial charge in [-0.2, -0.15) is 0 Å². The molecule has 7 heteroatoms. The standard InChI is InChI=1S/C13H19N3O4/c1-2-8-6-16(13(20)15-11(8)17)7-10(12(18)19)14-9-4-3-5-9/h6,9-10,14H,2-5,7H2,1H3,(H,18,19)(H,15,17,20)/t10-/m0/s1. The zero-order chi connectivity index (χ0) is 14.7. The average molecular weight is 281 g/mol. The number of carbonyl (C=O) groups is 1. The van der Waals surface area contributed by atoms with Crippen molar-refractivity contribution in [2.75, 3.05) is 0 Å². The summed E-state index contributed by atoms with van der Waals surface area (Å²) in [6.45, 7) is 1.81. The molecule has 1 aromatic heterocycles. The van der Waals surface area contributed by atoms with Crippen LogP contribution in [0.3, 0.4) is 0 Å². The number of hydrogen-bond acceptors (Lipinski definition) is 4. The van der Waals surface area contributed by atoms with Gasteiger partial charge >= 0.3 is 11.7 Å². The van der Waals surface area contributed by atoms with Crippen LogP contribution in [0.4, 0.5) is 0 Å². The molecule has 0 amide bonds. The van der Waals surface area contributed by atoms with E-state index in [0.717, 1.165) is 19.3 Å². The van der Waals surface area contributed by atoms with E-state index in [1.54, 1.807) is 6.92 Å². The van der Waals surface area contributed by atoms with Crippen LogP contribution < -0.4 is 16.6 Å². The topological polar surface area (TPSA) is 104 Å². The number of nitrogens with zero attached hydrogens (tertiary/aromatic N) is 1. The van der Waals surface area contributed by atoms with Crippen LogP contribution in [0.15, 0.2) is 15.8 Å². The number of aryl methyl sites for hydroxylation is 1. The third-order valence-electron chi connectivity index (χ3n) is 3.68. The summed E-state index contributed by atoms with van der Waals surface area (Å²) in [5, 5.41) is 12.3. The Morgan fingerprint density at radius 3 is 2.75 bits per heavy atom. The van der Waals surface area contributed by atoms with E-state index in [4.69, 9.17) is 0 Å². The molecule has 3 N–H and O–H groups in total. The number of rotatable bonds is 6. The van der Waals surface area contributed by atoms with Gasteiger partial charge in [0.15, 0.2) is 0 Å². The lowest BCUT2D eigenvalue weighted by Gasteiger charge is -2.30. The highest BCUT2D eigenvalue weighted by atomic mass is 16.4. The number of aromatic nitrogens is 2. The van der Waals surface area contributed by atoms with Crippen LogP contribution in [0.5, 0.6) is 0 Å². The molecule has 1 fully saturated rings. The van der Waals surface area contributed by atoms with Gasteiger partial charge in [-0.1, -0.05) is 13.3 Å². The van der Waals surface area contributed by atoms with Crippen molar-refractivity contribution < 1.29 is 9.90 Å². The normalized spacial score (nSPS) is 16.6. The maximum absolute atomic E-state index is 11.7. The quantitative estimate of drug-likeness (QED) is 0.664. The molecule has 1 saturated carbocycles. The summed E-state index contributed by atoms with van der Waals surface area (Å²) >= 11 is 0. The molecule has 20 heavy (non-hydrogen) atoms. The summed E-state index contributed by atoms with van der Waals surface area (Å²) in [4.78, 5) is 36.7. The Bertz CT molecular complexity index is 600. The molecule has 1 aliphatic carbocycles. The molecule has 1 aliphatic rings. The van der Waals surface area contributed by atoms with Crippen molar-refractivity contribution in [3.63, 3.8) is 0 Å². The fourth-order valence-electron chi connectivity index (χ4n) is 2.20. The maximum atomic E-state index is 11.7. The molecule has 0 spiro atoms. The van der Waals surface area contributed by atoms with Gasteiger partial charge in [0.1, 0.15) is 6.04 Å².